The van der Waals surface area contributed by atoms with Crippen molar-refractivity contribution >= 4 is 6.08 Å². The minimum Gasteiger partial charge on any atom is -0.371 e. The summed E-state index contributed by atoms with van der Waals surface area (Å²) in [6.45, 7) is 7.01. The summed E-state index contributed by atoms with van der Waals surface area (Å²) in [5.41, 5.74) is 3.83. The SMILES string of the molecule is CC(C)NCC1OCCCn2nc3c(c21)C=CCC3. The Hall–Kier alpha value is -1.13. The Labute approximate surface area is 114 Å². The fourth-order valence-electron chi connectivity index (χ4n) is 2.86. The highest BCUT2D eigenvalue weighted by Crippen LogP contribution is 2.30. The summed E-state index contributed by atoms with van der Waals surface area (Å²) >= 11 is 0. The third-order valence-electron chi connectivity index (χ3n) is 3.79. The van der Waals surface area contributed by atoms with Crippen molar-refractivity contribution in [3.05, 3.63) is 23.0 Å². The Morgan fingerprint density at radius 2 is 2.42 bits per heavy atom. The quantitative estimate of drug-likeness (QED) is 0.907. The van der Waals surface area contributed by atoms with Crippen molar-refractivity contribution in [3.8, 4) is 0 Å². The van der Waals surface area contributed by atoms with Gasteiger partial charge in [0.15, 0.2) is 0 Å². The smallest absolute Gasteiger partial charge is 0.112 e. The molecule has 0 aromatic carbocycles. The van der Waals surface area contributed by atoms with Gasteiger partial charge in [-0.15, -0.1) is 0 Å². The fourth-order valence-corrected chi connectivity index (χ4v) is 2.86. The van der Waals surface area contributed by atoms with Crippen molar-refractivity contribution in [3.63, 3.8) is 0 Å². The molecule has 3 rings (SSSR count). The second-order valence-corrected chi connectivity index (χ2v) is 5.69. The molecule has 0 fully saturated rings. The minimum absolute atomic E-state index is 0.129. The molecule has 4 nitrogen and oxygen atoms in total. The van der Waals surface area contributed by atoms with Gasteiger partial charge in [0.1, 0.15) is 6.10 Å². The molecular weight excluding hydrogens is 238 g/mol. The third-order valence-corrected chi connectivity index (χ3v) is 3.79. The van der Waals surface area contributed by atoms with Gasteiger partial charge in [-0.2, -0.15) is 5.10 Å². The molecular formula is C15H23N3O. The first kappa shape index (κ1) is 12.9. The molecule has 0 bridgehead atoms. The van der Waals surface area contributed by atoms with Crippen molar-refractivity contribution in [2.75, 3.05) is 13.2 Å². The lowest BCUT2D eigenvalue weighted by Gasteiger charge is -2.19. The number of hydrogen-bond donors (Lipinski definition) is 1. The Bertz CT molecular complexity index is 476. The average molecular weight is 261 g/mol. The van der Waals surface area contributed by atoms with Gasteiger partial charge in [-0.1, -0.05) is 26.0 Å². The average Bonchev–Trinajstić information content (AvgIpc) is 2.64. The first-order valence-corrected chi connectivity index (χ1v) is 7.37. The van der Waals surface area contributed by atoms with Crippen LogP contribution in [0.15, 0.2) is 6.08 Å². The molecule has 1 aliphatic heterocycles. The van der Waals surface area contributed by atoms with Crippen molar-refractivity contribution in [2.24, 2.45) is 0 Å². The van der Waals surface area contributed by atoms with E-state index in [2.05, 4.69) is 36.0 Å². The number of allylic oxidation sites excluding steroid dienone is 1. The van der Waals surface area contributed by atoms with Crippen LogP contribution in [0.5, 0.6) is 0 Å². The van der Waals surface area contributed by atoms with Gasteiger partial charge in [0.2, 0.25) is 0 Å². The van der Waals surface area contributed by atoms with Gasteiger partial charge in [0, 0.05) is 31.3 Å². The maximum Gasteiger partial charge on any atom is 0.112 e. The van der Waals surface area contributed by atoms with E-state index in [1.807, 2.05) is 0 Å². The monoisotopic (exact) mass is 261 g/mol. The van der Waals surface area contributed by atoms with Crippen LogP contribution >= 0.6 is 0 Å². The lowest BCUT2D eigenvalue weighted by molar-refractivity contribution is 0.0544. The topological polar surface area (TPSA) is 39.1 Å². The van der Waals surface area contributed by atoms with Gasteiger partial charge in [-0.05, 0) is 19.3 Å². The lowest BCUT2D eigenvalue weighted by atomic mass is 10.0. The molecule has 0 amide bonds. The summed E-state index contributed by atoms with van der Waals surface area (Å²) in [6, 6.07) is 0.481. The fraction of sp³-hybridized carbons (Fsp3) is 0.667. The Kier molecular flexibility index (Phi) is 3.71. The Balaban J connectivity index is 1.92. The second-order valence-electron chi connectivity index (χ2n) is 5.69. The first-order valence-electron chi connectivity index (χ1n) is 7.37. The summed E-state index contributed by atoms with van der Waals surface area (Å²) in [5.74, 6) is 0. The van der Waals surface area contributed by atoms with Gasteiger partial charge in [0.05, 0.1) is 11.4 Å². The van der Waals surface area contributed by atoms with Gasteiger partial charge in [-0.25, -0.2) is 0 Å². The summed E-state index contributed by atoms with van der Waals surface area (Å²) < 4.78 is 8.23. The molecule has 0 saturated carbocycles. The van der Waals surface area contributed by atoms with Crippen molar-refractivity contribution in [1.29, 1.82) is 0 Å². The van der Waals surface area contributed by atoms with E-state index in [1.165, 1.54) is 17.0 Å². The molecule has 2 heterocycles. The minimum atomic E-state index is 0.129. The van der Waals surface area contributed by atoms with Gasteiger partial charge >= 0.3 is 0 Å². The van der Waals surface area contributed by atoms with Crippen molar-refractivity contribution in [1.82, 2.24) is 15.1 Å². The second kappa shape index (κ2) is 5.47. The van der Waals surface area contributed by atoms with E-state index in [1.54, 1.807) is 0 Å². The maximum absolute atomic E-state index is 6.05. The van der Waals surface area contributed by atoms with E-state index in [9.17, 15) is 0 Å². The molecule has 2 aliphatic rings. The molecule has 0 radical (unpaired) electrons. The van der Waals surface area contributed by atoms with Crippen LogP contribution < -0.4 is 5.32 Å². The van der Waals surface area contributed by atoms with Crippen molar-refractivity contribution < 1.29 is 4.74 Å². The van der Waals surface area contributed by atoms with Crippen LogP contribution in [0.4, 0.5) is 0 Å². The summed E-state index contributed by atoms with van der Waals surface area (Å²) in [4.78, 5) is 0. The molecule has 4 heteroatoms. The van der Waals surface area contributed by atoms with Gasteiger partial charge in [-0.3, -0.25) is 4.68 Å². The molecule has 0 spiro atoms. The molecule has 1 aromatic rings. The molecule has 19 heavy (non-hydrogen) atoms. The zero-order valence-corrected chi connectivity index (χ0v) is 11.9. The highest BCUT2D eigenvalue weighted by Gasteiger charge is 2.27. The highest BCUT2D eigenvalue weighted by atomic mass is 16.5. The number of nitrogens with zero attached hydrogens (tertiary/aromatic N) is 2. The molecule has 1 aliphatic carbocycles. The molecule has 1 aromatic heterocycles. The van der Waals surface area contributed by atoms with E-state index in [4.69, 9.17) is 9.84 Å². The van der Waals surface area contributed by atoms with E-state index in [-0.39, 0.29) is 6.10 Å². The molecule has 0 saturated heterocycles. The number of fused-ring (bicyclic) bond motifs is 3. The van der Waals surface area contributed by atoms with E-state index in [0.717, 1.165) is 39.0 Å². The highest BCUT2D eigenvalue weighted by molar-refractivity contribution is 5.58. The first-order chi connectivity index (χ1) is 9.25. The summed E-state index contributed by atoms with van der Waals surface area (Å²) in [5, 5.41) is 8.28. The van der Waals surface area contributed by atoms with Gasteiger partial charge < -0.3 is 10.1 Å². The molecule has 1 atom stereocenters. The van der Waals surface area contributed by atoms with E-state index < -0.39 is 0 Å². The van der Waals surface area contributed by atoms with E-state index >= 15 is 0 Å². The maximum atomic E-state index is 6.05. The number of ether oxygens (including phenoxy) is 1. The molecule has 1 unspecified atom stereocenters. The zero-order valence-electron chi connectivity index (χ0n) is 11.9. The van der Waals surface area contributed by atoms with Crippen LogP contribution in [0.25, 0.3) is 6.08 Å². The van der Waals surface area contributed by atoms with Crippen molar-refractivity contribution in [2.45, 2.75) is 51.8 Å². The standard InChI is InChI=1S/C15H23N3O/c1-11(2)16-10-14-15-12-6-3-4-7-13(12)17-18(15)8-5-9-19-14/h3,6,11,14,16H,4-5,7-10H2,1-2H3. The Morgan fingerprint density at radius 3 is 3.26 bits per heavy atom. The van der Waals surface area contributed by atoms with Crippen LogP contribution in [-0.2, 0) is 17.7 Å². The zero-order chi connectivity index (χ0) is 13.2. The predicted octanol–water partition coefficient (Wildman–Crippen LogP) is 2.30. The van der Waals surface area contributed by atoms with Crippen LogP contribution in [-0.4, -0.2) is 29.0 Å². The largest absolute Gasteiger partial charge is 0.371 e. The van der Waals surface area contributed by atoms with E-state index in [0.29, 0.717) is 6.04 Å². The van der Waals surface area contributed by atoms with Gasteiger partial charge in [0.25, 0.3) is 0 Å². The Morgan fingerprint density at radius 1 is 1.53 bits per heavy atom. The predicted molar refractivity (Wildman–Crippen MR) is 76.0 cm³/mol. The van der Waals surface area contributed by atoms with Crippen LogP contribution in [0, 0.1) is 0 Å². The molecule has 1 N–H and O–H groups in total. The van der Waals surface area contributed by atoms with Crippen LogP contribution in [0.2, 0.25) is 0 Å². The lowest BCUT2D eigenvalue weighted by Crippen LogP contribution is -2.30. The number of aromatic nitrogens is 2. The number of nitrogens with one attached hydrogen (secondary N) is 1. The van der Waals surface area contributed by atoms with Crippen LogP contribution in [0.1, 0.15) is 49.7 Å². The summed E-state index contributed by atoms with van der Waals surface area (Å²) in [6.07, 6.45) is 7.84. The summed E-state index contributed by atoms with van der Waals surface area (Å²) in [7, 11) is 0. The number of rotatable bonds is 3. The van der Waals surface area contributed by atoms with Crippen LogP contribution in [0.3, 0.4) is 0 Å². The number of hydrogen-bond acceptors (Lipinski definition) is 3. The molecule has 104 valence electrons. The number of aryl methyl sites for hydroxylation is 2. The normalized spacial score (nSPS) is 22.2. The third kappa shape index (κ3) is 2.60.